The Balaban J connectivity index is 2.14. The molecule has 0 aliphatic heterocycles. The molecule has 6 heteroatoms. The smallest absolute Gasteiger partial charge is 0.329 e. The lowest BCUT2D eigenvalue weighted by Crippen LogP contribution is -2.53. The average Bonchev–Trinajstić information content (AvgIpc) is 2.91. The Labute approximate surface area is 128 Å². The van der Waals surface area contributed by atoms with Gasteiger partial charge in [-0.25, -0.2) is 4.79 Å². The molecular formula is C15H18ClNO4. The summed E-state index contributed by atoms with van der Waals surface area (Å²) in [6.07, 6.45) is 2.54. The van der Waals surface area contributed by atoms with Crippen molar-refractivity contribution in [2.24, 2.45) is 0 Å². The number of carboxylic acids is 1. The van der Waals surface area contributed by atoms with Crippen molar-refractivity contribution in [3.05, 3.63) is 28.8 Å². The Kier molecular flexibility index (Phi) is 4.73. The molecule has 1 saturated carbocycles. The van der Waals surface area contributed by atoms with Crippen LogP contribution in [-0.2, 0) is 16.0 Å². The zero-order valence-electron chi connectivity index (χ0n) is 11.8. The van der Waals surface area contributed by atoms with Gasteiger partial charge in [0.15, 0.2) is 0 Å². The van der Waals surface area contributed by atoms with Crippen molar-refractivity contribution in [3.63, 3.8) is 0 Å². The fraction of sp³-hybridized carbons (Fsp3) is 0.467. The van der Waals surface area contributed by atoms with Gasteiger partial charge in [0.1, 0.15) is 11.3 Å². The molecule has 1 aromatic rings. The van der Waals surface area contributed by atoms with Gasteiger partial charge < -0.3 is 15.2 Å². The Morgan fingerprint density at radius 2 is 2.05 bits per heavy atom. The lowest BCUT2D eigenvalue weighted by atomic mass is 9.97. The molecule has 1 fully saturated rings. The zero-order chi connectivity index (χ0) is 15.5. The molecule has 0 heterocycles. The number of ether oxygens (including phenoxy) is 1. The van der Waals surface area contributed by atoms with E-state index in [2.05, 4.69) is 5.32 Å². The predicted octanol–water partition coefficient (Wildman–Crippen LogP) is 2.40. The second kappa shape index (κ2) is 6.35. The number of carbonyl (C=O) groups is 2. The summed E-state index contributed by atoms with van der Waals surface area (Å²) < 4.78 is 5.19. The van der Waals surface area contributed by atoms with Gasteiger partial charge in [-0.05, 0) is 25.0 Å². The maximum atomic E-state index is 12.2. The number of hydrogen-bond acceptors (Lipinski definition) is 3. The van der Waals surface area contributed by atoms with Crippen LogP contribution in [0.25, 0.3) is 0 Å². The molecule has 0 saturated heterocycles. The molecular weight excluding hydrogens is 294 g/mol. The maximum absolute atomic E-state index is 12.2. The van der Waals surface area contributed by atoms with Crippen LogP contribution in [0.15, 0.2) is 18.2 Å². The number of rotatable bonds is 5. The summed E-state index contributed by atoms with van der Waals surface area (Å²) in [7, 11) is 1.50. The van der Waals surface area contributed by atoms with E-state index in [1.54, 1.807) is 18.2 Å². The largest absolute Gasteiger partial charge is 0.496 e. The number of amides is 1. The Hall–Kier alpha value is -1.75. The van der Waals surface area contributed by atoms with Crippen molar-refractivity contribution < 1.29 is 19.4 Å². The van der Waals surface area contributed by atoms with E-state index < -0.39 is 11.5 Å². The monoisotopic (exact) mass is 311 g/mol. The number of aliphatic carboxylic acids is 1. The molecule has 5 nitrogen and oxygen atoms in total. The Morgan fingerprint density at radius 1 is 1.38 bits per heavy atom. The number of nitrogens with one attached hydrogen (secondary N) is 1. The molecule has 0 aromatic heterocycles. The van der Waals surface area contributed by atoms with Crippen LogP contribution in [0, 0.1) is 0 Å². The van der Waals surface area contributed by atoms with Crippen molar-refractivity contribution in [1.82, 2.24) is 5.32 Å². The van der Waals surface area contributed by atoms with Crippen molar-refractivity contribution in [3.8, 4) is 5.75 Å². The summed E-state index contributed by atoms with van der Waals surface area (Å²) in [5.74, 6) is -0.807. The molecule has 1 aliphatic rings. The van der Waals surface area contributed by atoms with E-state index in [4.69, 9.17) is 16.3 Å². The number of halogens is 1. The molecule has 0 radical (unpaired) electrons. The van der Waals surface area contributed by atoms with E-state index in [0.717, 1.165) is 12.8 Å². The maximum Gasteiger partial charge on any atom is 0.329 e. The fourth-order valence-corrected chi connectivity index (χ4v) is 2.98. The SMILES string of the molecule is COc1cccc(Cl)c1CC(=O)NC1(C(=O)O)CCCC1. The number of carboxylic acid groups (broad SMARTS) is 1. The molecule has 1 amide bonds. The highest BCUT2D eigenvalue weighted by Gasteiger charge is 2.42. The predicted molar refractivity (Wildman–Crippen MR) is 78.7 cm³/mol. The molecule has 1 aliphatic carbocycles. The molecule has 0 spiro atoms. The van der Waals surface area contributed by atoms with Gasteiger partial charge in [0, 0.05) is 10.6 Å². The normalized spacial score (nSPS) is 16.5. The highest BCUT2D eigenvalue weighted by molar-refractivity contribution is 6.31. The molecule has 2 rings (SSSR count). The van der Waals surface area contributed by atoms with E-state index in [1.807, 2.05) is 0 Å². The summed E-state index contributed by atoms with van der Waals surface area (Å²) in [6.45, 7) is 0. The second-order valence-corrected chi connectivity index (χ2v) is 5.65. The van der Waals surface area contributed by atoms with Gasteiger partial charge in [-0.15, -0.1) is 0 Å². The van der Waals surface area contributed by atoms with Crippen LogP contribution >= 0.6 is 11.6 Å². The van der Waals surface area contributed by atoms with Crippen molar-refractivity contribution in [1.29, 1.82) is 0 Å². The molecule has 21 heavy (non-hydrogen) atoms. The first-order valence-corrected chi connectivity index (χ1v) is 7.22. The van der Waals surface area contributed by atoms with Gasteiger partial charge in [-0.3, -0.25) is 4.79 Å². The minimum absolute atomic E-state index is 0.00211. The molecule has 0 atom stereocenters. The molecule has 114 valence electrons. The third kappa shape index (κ3) is 3.29. The number of benzene rings is 1. The van der Waals surface area contributed by atoms with Gasteiger partial charge in [0.25, 0.3) is 0 Å². The topological polar surface area (TPSA) is 75.6 Å². The van der Waals surface area contributed by atoms with Gasteiger partial charge >= 0.3 is 5.97 Å². The first-order chi connectivity index (χ1) is 9.98. The van der Waals surface area contributed by atoms with E-state index in [-0.39, 0.29) is 12.3 Å². The third-order valence-corrected chi connectivity index (χ3v) is 4.23. The summed E-state index contributed by atoms with van der Waals surface area (Å²) in [6, 6.07) is 5.13. The summed E-state index contributed by atoms with van der Waals surface area (Å²) >= 11 is 6.09. The van der Waals surface area contributed by atoms with Gasteiger partial charge in [0.05, 0.1) is 13.5 Å². The van der Waals surface area contributed by atoms with Crippen LogP contribution in [0.3, 0.4) is 0 Å². The minimum atomic E-state index is -1.13. The number of methoxy groups -OCH3 is 1. The van der Waals surface area contributed by atoms with Crippen molar-refractivity contribution >= 4 is 23.5 Å². The van der Waals surface area contributed by atoms with Crippen LogP contribution in [0.2, 0.25) is 5.02 Å². The first-order valence-electron chi connectivity index (χ1n) is 6.84. The van der Waals surface area contributed by atoms with Crippen LogP contribution < -0.4 is 10.1 Å². The van der Waals surface area contributed by atoms with E-state index in [0.29, 0.717) is 29.2 Å². The minimum Gasteiger partial charge on any atom is -0.496 e. The number of hydrogen-bond donors (Lipinski definition) is 2. The van der Waals surface area contributed by atoms with Crippen LogP contribution in [0.5, 0.6) is 5.75 Å². The lowest BCUT2D eigenvalue weighted by molar-refractivity contribution is -0.147. The molecule has 0 unspecified atom stereocenters. The molecule has 1 aromatic carbocycles. The second-order valence-electron chi connectivity index (χ2n) is 5.24. The van der Waals surface area contributed by atoms with Crippen molar-refractivity contribution in [2.45, 2.75) is 37.6 Å². The summed E-state index contributed by atoms with van der Waals surface area (Å²) in [5.41, 5.74) is -0.566. The zero-order valence-corrected chi connectivity index (χ0v) is 12.6. The van der Waals surface area contributed by atoms with E-state index >= 15 is 0 Å². The highest BCUT2D eigenvalue weighted by atomic mass is 35.5. The quantitative estimate of drug-likeness (QED) is 0.875. The average molecular weight is 312 g/mol. The van der Waals surface area contributed by atoms with E-state index in [1.165, 1.54) is 7.11 Å². The summed E-state index contributed by atoms with van der Waals surface area (Å²) in [5, 5.41) is 12.5. The molecule has 0 bridgehead atoms. The highest BCUT2D eigenvalue weighted by Crippen LogP contribution is 2.31. The van der Waals surface area contributed by atoms with Crippen LogP contribution in [0.4, 0.5) is 0 Å². The van der Waals surface area contributed by atoms with Crippen molar-refractivity contribution in [2.75, 3.05) is 7.11 Å². The van der Waals surface area contributed by atoms with E-state index in [9.17, 15) is 14.7 Å². The Bertz CT molecular complexity index is 553. The standard InChI is InChI=1S/C15H18ClNO4/c1-21-12-6-4-5-11(16)10(12)9-13(18)17-15(14(19)20)7-2-3-8-15/h4-6H,2-3,7-9H2,1H3,(H,17,18)(H,19,20). The molecule has 2 N–H and O–H groups in total. The third-order valence-electron chi connectivity index (χ3n) is 3.88. The van der Waals surface area contributed by atoms with Crippen LogP contribution in [-0.4, -0.2) is 29.6 Å². The first kappa shape index (κ1) is 15.6. The van der Waals surface area contributed by atoms with Gasteiger partial charge in [-0.2, -0.15) is 0 Å². The fourth-order valence-electron chi connectivity index (χ4n) is 2.74. The number of carbonyl (C=O) groups excluding carboxylic acids is 1. The summed E-state index contributed by atoms with van der Waals surface area (Å²) in [4.78, 5) is 23.6. The lowest BCUT2D eigenvalue weighted by Gasteiger charge is -2.25. The van der Waals surface area contributed by atoms with Gasteiger partial charge in [0.2, 0.25) is 5.91 Å². The Morgan fingerprint density at radius 3 is 2.62 bits per heavy atom. The van der Waals surface area contributed by atoms with Gasteiger partial charge in [-0.1, -0.05) is 30.5 Å². The van der Waals surface area contributed by atoms with Crippen LogP contribution in [0.1, 0.15) is 31.2 Å².